The number of Topliss-reactive ketones (excluding diaryl/α,β-unsaturated/α-hetero) is 1. The highest BCUT2D eigenvalue weighted by Gasteiger charge is 2.47. The molecule has 6 nitrogen and oxygen atoms in total. The molecule has 192 valence electrons. The van der Waals surface area contributed by atoms with E-state index in [-0.39, 0.29) is 11.3 Å². The van der Waals surface area contributed by atoms with E-state index in [0.717, 1.165) is 24.3 Å². The molecule has 1 heterocycles. The van der Waals surface area contributed by atoms with Crippen molar-refractivity contribution in [2.75, 3.05) is 29.5 Å². The van der Waals surface area contributed by atoms with Crippen molar-refractivity contribution in [1.82, 2.24) is 0 Å². The second-order valence-corrected chi connectivity index (χ2v) is 9.26. The zero-order chi connectivity index (χ0) is 26.7. The number of hydrogen-bond donors (Lipinski definition) is 1. The number of benzene rings is 3. The number of carbonyl (C=O) groups is 2. The number of rotatable bonds is 8. The van der Waals surface area contributed by atoms with Crippen LogP contribution in [0.2, 0.25) is 5.02 Å². The molecule has 37 heavy (non-hydrogen) atoms. The van der Waals surface area contributed by atoms with E-state index in [0.29, 0.717) is 34.2 Å². The molecular formula is C30H31ClN2O4. The van der Waals surface area contributed by atoms with Crippen molar-refractivity contribution in [3.63, 3.8) is 0 Å². The van der Waals surface area contributed by atoms with Crippen molar-refractivity contribution in [3.05, 3.63) is 94.0 Å². The van der Waals surface area contributed by atoms with Gasteiger partial charge in [-0.2, -0.15) is 0 Å². The van der Waals surface area contributed by atoms with Crippen molar-refractivity contribution >= 4 is 40.4 Å². The SMILES string of the molecule is CCOc1ccc(/C(O)=C2/C(=O)C(=O)N(c3ccc(Cl)cc3)C2c2ccc(N(CC)CC)cc2)cc1C. The summed E-state index contributed by atoms with van der Waals surface area (Å²) in [7, 11) is 0. The van der Waals surface area contributed by atoms with Gasteiger partial charge in [0.2, 0.25) is 0 Å². The molecular weight excluding hydrogens is 488 g/mol. The summed E-state index contributed by atoms with van der Waals surface area (Å²) in [4.78, 5) is 30.4. The largest absolute Gasteiger partial charge is 0.507 e. The number of aryl methyl sites for hydroxylation is 1. The molecule has 3 aromatic rings. The third kappa shape index (κ3) is 5.07. The number of aliphatic hydroxyl groups excluding tert-OH is 1. The summed E-state index contributed by atoms with van der Waals surface area (Å²) in [6, 6.07) is 18.9. The number of nitrogens with zero attached hydrogens (tertiary/aromatic N) is 2. The molecule has 1 saturated heterocycles. The van der Waals surface area contributed by atoms with Crippen molar-refractivity contribution in [3.8, 4) is 5.75 Å². The van der Waals surface area contributed by atoms with E-state index in [4.69, 9.17) is 16.3 Å². The van der Waals surface area contributed by atoms with Crippen molar-refractivity contribution in [2.24, 2.45) is 0 Å². The standard InChI is InChI=1S/C30H31ClN2O4/c1-5-32(6-2)23-13-8-20(9-14-23)27-26(28(34)21-10-17-25(37-7-3)19(4)18-21)29(35)30(36)33(27)24-15-11-22(31)12-16-24/h8-18,27,34H,5-7H2,1-4H3/b28-26-. The van der Waals surface area contributed by atoms with Crippen molar-refractivity contribution in [2.45, 2.75) is 33.7 Å². The minimum absolute atomic E-state index is 0.0408. The summed E-state index contributed by atoms with van der Waals surface area (Å²) < 4.78 is 5.62. The lowest BCUT2D eigenvalue weighted by Crippen LogP contribution is -2.29. The molecule has 1 aliphatic heterocycles. The van der Waals surface area contributed by atoms with Crippen LogP contribution in [0, 0.1) is 6.92 Å². The topological polar surface area (TPSA) is 70.1 Å². The Hall–Kier alpha value is -3.77. The van der Waals surface area contributed by atoms with E-state index in [9.17, 15) is 14.7 Å². The molecule has 1 aliphatic rings. The van der Waals surface area contributed by atoms with Gasteiger partial charge in [0.25, 0.3) is 11.7 Å². The van der Waals surface area contributed by atoms with Crippen LogP contribution in [0.25, 0.3) is 5.76 Å². The van der Waals surface area contributed by atoms with E-state index in [1.54, 1.807) is 42.5 Å². The lowest BCUT2D eigenvalue weighted by molar-refractivity contribution is -0.132. The first-order chi connectivity index (χ1) is 17.8. The molecule has 3 aromatic carbocycles. The quantitative estimate of drug-likeness (QED) is 0.209. The Morgan fingerprint density at radius 2 is 1.62 bits per heavy atom. The number of halogens is 1. The highest BCUT2D eigenvalue weighted by atomic mass is 35.5. The molecule has 0 aromatic heterocycles. The number of ether oxygens (including phenoxy) is 1. The Labute approximate surface area is 222 Å². The summed E-state index contributed by atoms with van der Waals surface area (Å²) >= 11 is 6.09. The van der Waals surface area contributed by atoms with Gasteiger partial charge in [0, 0.05) is 35.1 Å². The Kier molecular flexibility index (Phi) is 7.89. The predicted octanol–water partition coefficient (Wildman–Crippen LogP) is 6.52. The number of aliphatic hydroxyl groups is 1. The second kappa shape index (κ2) is 11.1. The van der Waals surface area contributed by atoms with E-state index in [1.165, 1.54) is 4.90 Å². The van der Waals surface area contributed by atoms with Gasteiger partial charge in [-0.25, -0.2) is 0 Å². The fourth-order valence-electron chi connectivity index (χ4n) is 4.74. The summed E-state index contributed by atoms with van der Waals surface area (Å²) in [6.07, 6.45) is 0. The van der Waals surface area contributed by atoms with Gasteiger partial charge in [-0.05, 0) is 93.4 Å². The molecule has 1 atom stereocenters. The third-order valence-electron chi connectivity index (χ3n) is 6.63. The van der Waals surface area contributed by atoms with Gasteiger partial charge in [-0.3, -0.25) is 14.5 Å². The van der Waals surface area contributed by atoms with Crippen LogP contribution in [0.4, 0.5) is 11.4 Å². The highest BCUT2D eigenvalue weighted by Crippen LogP contribution is 2.43. The van der Waals surface area contributed by atoms with E-state index < -0.39 is 17.7 Å². The minimum atomic E-state index is -0.807. The fraction of sp³-hybridized carbons (Fsp3) is 0.267. The fourth-order valence-corrected chi connectivity index (χ4v) is 4.87. The molecule has 1 N–H and O–H groups in total. The average molecular weight is 519 g/mol. The first-order valence-electron chi connectivity index (χ1n) is 12.5. The molecule has 0 radical (unpaired) electrons. The van der Waals surface area contributed by atoms with E-state index in [2.05, 4.69) is 18.7 Å². The monoisotopic (exact) mass is 518 g/mol. The lowest BCUT2D eigenvalue weighted by Gasteiger charge is -2.27. The number of ketones is 1. The molecule has 0 aliphatic carbocycles. The Morgan fingerprint density at radius 1 is 0.973 bits per heavy atom. The van der Waals surface area contributed by atoms with Gasteiger partial charge in [-0.15, -0.1) is 0 Å². The van der Waals surface area contributed by atoms with E-state index in [1.807, 2.05) is 38.1 Å². The lowest BCUT2D eigenvalue weighted by atomic mass is 9.94. The van der Waals surface area contributed by atoms with Crippen LogP contribution in [0.5, 0.6) is 5.75 Å². The maximum atomic E-state index is 13.4. The molecule has 0 spiro atoms. The van der Waals surface area contributed by atoms with Gasteiger partial charge >= 0.3 is 0 Å². The molecule has 1 amide bonds. The normalized spacial score (nSPS) is 16.8. The molecule has 7 heteroatoms. The van der Waals surface area contributed by atoms with Gasteiger partial charge in [0.1, 0.15) is 11.5 Å². The minimum Gasteiger partial charge on any atom is -0.507 e. The Morgan fingerprint density at radius 3 is 2.19 bits per heavy atom. The van der Waals surface area contributed by atoms with Crippen LogP contribution in [0.3, 0.4) is 0 Å². The van der Waals surface area contributed by atoms with Gasteiger partial charge in [0.15, 0.2) is 0 Å². The molecule has 1 fully saturated rings. The second-order valence-electron chi connectivity index (χ2n) is 8.82. The molecule has 4 rings (SSSR count). The van der Waals surface area contributed by atoms with Crippen LogP contribution >= 0.6 is 11.6 Å². The average Bonchev–Trinajstić information content (AvgIpc) is 3.17. The highest BCUT2D eigenvalue weighted by molar-refractivity contribution is 6.51. The number of amides is 1. The number of hydrogen-bond acceptors (Lipinski definition) is 5. The van der Waals surface area contributed by atoms with Crippen molar-refractivity contribution in [1.29, 1.82) is 0 Å². The number of anilines is 2. The molecule has 0 saturated carbocycles. The third-order valence-corrected chi connectivity index (χ3v) is 6.89. The van der Waals surface area contributed by atoms with Gasteiger partial charge in [-0.1, -0.05) is 23.7 Å². The summed E-state index contributed by atoms with van der Waals surface area (Å²) in [5.41, 5.74) is 3.58. The first-order valence-corrected chi connectivity index (χ1v) is 12.8. The predicted molar refractivity (Wildman–Crippen MR) is 149 cm³/mol. The molecule has 1 unspecified atom stereocenters. The van der Waals surface area contributed by atoms with Crippen LogP contribution in [-0.2, 0) is 9.59 Å². The molecule has 0 bridgehead atoms. The van der Waals surface area contributed by atoms with Gasteiger partial charge in [0.05, 0.1) is 18.2 Å². The Balaban J connectivity index is 1.88. The summed E-state index contributed by atoms with van der Waals surface area (Å²) in [5, 5.41) is 11.9. The van der Waals surface area contributed by atoms with Crippen LogP contribution in [0.1, 0.15) is 43.5 Å². The first kappa shape index (κ1) is 26.3. The van der Waals surface area contributed by atoms with Crippen LogP contribution < -0.4 is 14.5 Å². The van der Waals surface area contributed by atoms with Gasteiger partial charge < -0.3 is 14.7 Å². The van der Waals surface area contributed by atoms with E-state index >= 15 is 0 Å². The zero-order valence-corrected chi connectivity index (χ0v) is 22.2. The maximum absolute atomic E-state index is 13.4. The Bertz CT molecular complexity index is 1330. The maximum Gasteiger partial charge on any atom is 0.300 e. The van der Waals surface area contributed by atoms with Crippen LogP contribution in [0.15, 0.2) is 72.3 Å². The zero-order valence-electron chi connectivity index (χ0n) is 21.5. The van der Waals surface area contributed by atoms with Crippen LogP contribution in [-0.4, -0.2) is 36.5 Å². The number of carbonyl (C=O) groups excluding carboxylic acids is 2. The summed E-state index contributed by atoms with van der Waals surface area (Å²) in [5.74, 6) is -0.968. The smallest absolute Gasteiger partial charge is 0.300 e. The summed E-state index contributed by atoms with van der Waals surface area (Å²) in [6.45, 7) is 10.2. The van der Waals surface area contributed by atoms with Crippen molar-refractivity contribution < 1.29 is 19.4 Å².